The average molecular weight is 268 g/mol. The van der Waals surface area contributed by atoms with Gasteiger partial charge in [0.2, 0.25) is 11.8 Å². The van der Waals surface area contributed by atoms with E-state index < -0.39 is 0 Å². The second-order valence-corrected chi connectivity index (χ2v) is 5.49. The van der Waals surface area contributed by atoms with Crippen LogP contribution in [-0.2, 0) is 9.59 Å². The summed E-state index contributed by atoms with van der Waals surface area (Å²) in [5.74, 6) is -0.0878. The smallest absolute Gasteiger partial charge is 0.229 e. The molecule has 19 heavy (non-hydrogen) atoms. The Bertz CT molecular complexity index is 311. The van der Waals surface area contributed by atoms with E-state index in [0.717, 1.165) is 0 Å². The van der Waals surface area contributed by atoms with E-state index in [1.807, 2.05) is 0 Å². The molecule has 1 N–H and O–H groups in total. The molecule has 0 unspecified atom stereocenters. The summed E-state index contributed by atoms with van der Waals surface area (Å²) in [6.45, 7) is 1.95. The lowest BCUT2D eigenvalue weighted by molar-refractivity contribution is -0.138. The maximum absolute atomic E-state index is 11.6. The number of amides is 2. The van der Waals surface area contributed by atoms with Crippen LogP contribution in [-0.4, -0.2) is 59.0 Å². The molecule has 0 radical (unpaired) electrons. The number of aliphatic hydroxyl groups is 1. The van der Waals surface area contributed by atoms with Gasteiger partial charge in [-0.3, -0.25) is 19.4 Å². The molecule has 0 aromatic carbocycles. The predicted octanol–water partition coefficient (Wildman–Crippen LogP) is 0.762. The summed E-state index contributed by atoms with van der Waals surface area (Å²) in [7, 11) is 0. The summed E-state index contributed by atoms with van der Waals surface area (Å²) in [4.78, 5) is 26.8. The Morgan fingerprint density at radius 1 is 1.05 bits per heavy atom. The van der Waals surface area contributed by atoms with E-state index in [-0.39, 0.29) is 18.4 Å². The maximum Gasteiger partial charge on any atom is 0.229 e. The minimum atomic E-state index is -0.0439. The number of likely N-dealkylation sites (tertiary alicyclic amines) is 1. The third-order valence-corrected chi connectivity index (χ3v) is 4.24. The summed E-state index contributed by atoms with van der Waals surface area (Å²) in [5, 5.41) is 9.17. The number of carbonyl (C=O) groups excluding carboxylic acids is 2. The second kappa shape index (κ2) is 7.01. The van der Waals surface area contributed by atoms with Crippen LogP contribution in [0.1, 0.15) is 44.9 Å². The van der Waals surface area contributed by atoms with Crippen molar-refractivity contribution in [1.29, 1.82) is 0 Å². The molecule has 0 spiro atoms. The van der Waals surface area contributed by atoms with Crippen LogP contribution in [0.4, 0.5) is 0 Å². The molecule has 1 aliphatic heterocycles. The first-order valence-corrected chi connectivity index (χ1v) is 7.40. The number of rotatable bonds is 6. The van der Waals surface area contributed by atoms with Crippen molar-refractivity contribution in [3.05, 3.63) is 0 Å². The van der Waals surface area contributed by atoms with E-state index in [9.17, 15) is 14.7 Å². The van der Waals surface area contributed by atoms with Crippen LogP contribution in [0, 0.1) is 0 Å². The predicted molar refractivity (Wildman–Crippen MR) is 71.5 cm³/mol. The van der Waals surface area contributed by atoms with Crippen LogP contribution in [0.5, 0.6) is 0 Å². The molecule has 2 amide bonds. The molecule has 0 aromatic rings. The summed E-state index contributed by atoms with van der Waals surface area (Å²) in [6, 6.07) is 0.508. The second-order valence-electron chi connectivity index (χ2n) is 5.49. The summed E-state index contributed by atoms with van der Waals surface area (Å²) >= 11 is 0. The van der Waals surface area contributed by atoms with Crippen molar-refractivity contribution >= 4 is 11.8 Å². The van der Waals surface area contributed by atoms with Crippen LogP contribution in [0.3, 0.4) is 0 Å². The lowest BCUT2D eigenvalue weighted by Crippen LogP contribution is -2.44. The van der Waals surface area contributed by atoms with Crippen molar-refractivity contribution in [2.45, 2.75) is 51.0 Å². The average Bonchev–Trinajstić information content (AvgIpc) is 2.75. The largest absolute Gasteiger partial charge is 0.395 e. The third kappa shape index (κ3) is 3.76. The maximum atomic E-state index is 11.6. The van der Waals surface area contributed by atoms with Crippen molar-refractivity contribution in [2.24, 2.45) is 0 Å². The van der Waals surface area contributed by atoms with Crippen molar-refractivity contribution in [2.75, 3.05) is 26.2 Å². The number of hydrogen-bond donors (Lipinski definition) is 1. The van der Waals surface area contributed by atoms with Crippen molar-refractivity contribution in [3.8, 4) is 0 Å². The Balaban J connectivity index is 1.85. The Morgan fingerprint density at radius 2 is 1.68 bits per heavy atom. The lowest BCUT2D eigenvalue weighted by atomic mass is 9.94. The van der Waals surface area contributed by atoms with Gasteiger partial charge in [-0.1, -0.05) is 19.3 Å². The highest BCUT2D eigenvalue weighted by Gasteiger charge is 2.29. The minimum absolute atomic E-state index is 0.0439. The fourth-order valence-electron chi connectivity index (χ4n) is 3.15. The molecular weight excluding hydrogens is 244 g/mol. The molecule has 2 aliphatic rings. The Kier molecular flexibility index (Phi) is 5.34. The van der Waals surface area contributed by atoms with E-state index in [0.29, 0.717) is 38.5 Å². The van der Waals surface area contributed by atoms with Gasteiger partial charge in [0.1, 0.15) is 0 Å². The van der Waals surface area contributed by atoms with Crippen molar-refractivity contribution in [1.82, 2.24) is 9.80 Å². The monoisotopic (exact) mass is 268 g/mol. The summed E-state index contributed by atoms with van der Waals surface area (Å²) in [5.41, 5.74) is 0. The SMILES string of the molecule is O=C1CCC(=O)N1CCN(CCO)C1CCCCC1. The Labute approximate surface area is 114 Å². The molecule has 0 aromatic heterocycles. The zero-order valence-electron chi connectivity index (χ0n) is 11.5. The molecular formula is C14H24N2O3. The zero-order chi connectivity index (χ0) is 13.7. The highest BCUT2D eigenvalue weighted by Crippen LogP contribution is 2.22. The fourth-order valence-corrected chi connectivity index (χ4v) is 3.15. The van der Waals surface area contributed by atoms with E-state index in [2.05, 4.69) is 4.90 Å². The van der Waals surface area contributed by atoms with Gasteiger partial charge in [-0.2, -0.15) is 0 Å². The van der Waals surface area contributed by atoms with Crippen LogP contribution < -0.4 is 0 Å². The van der Waals surface area contributed by atoms with Gasteiger partial charge in [0, 0.05) is 38.5 Å². The van der Waals surface area contributed by atoms with E-state index in [1.54, 1.807) is 0 Å². The van der Waals surface area contributed by atoms with E-state index in [4.69, 9.17) is 0 Å². The van der Waals surface area contributed by atoms with Gasteiger partial charge in [-0.25, -0.2) is 0 Å². The number of nitrogens with zero attached hydrogens (tertiary/aromatic N) is 2. The molecule has 1 heterocycles. The molecule has 1 saturated heterocycles. The number of imide groups is 1. The number of aliphatic hydroxyl groups excluding tert-OH is 1. The first kappa shape index (κ1) is 14.5. The molecule has 1 aliphatic carbocycles. The quantitative estimate of drug-likeness (QED) is 0.723. The topological polar surface area (TPSA) is 60.9 Å². The van der Waals surface area contributed by atoms with Gasteiger partial charge in [0.05, 0.1) is 6.61 Å². The van der Waals surface area contributed by atoms with Gasteiger partial charge in [0.25, 0.3) is 0 Å². The minimum Gasteiger partial charge on any atom is -0.395 e. The molecule has 0 atom stereocenters. The molecule has 1 saturated carbocycles. The van der Waals surface area contributed by atoms with Gasteiger partial charge in [-0.15, -0.1) is 0 Å². The lowest BCUT2D eigenvalue weighted by Gasteiger charge is -2.34. The molecule has 5 heteroatoms. The molecule has 2 rings (SSSR count). The van der Waals surface area contributed by atoms with E-state index in [1.165, 1.54) is 37.0 Å². The Hall–Kier alpha value is -0.940. The van der Waals surface area contributed by atoms with Crippen molar-refractivity contribution < 1.29 is 14.7 Å². The molecule has 0 bridgehead atoms. The number of hydrogen-bond acceptors (Lipinski definition) is 4. The van der Waals surface area contributed by atoms with Gasteiger partial charge < -0.3 is 5.11 Å². The van der Waals surface area contributed by atoms with Gasteiger partial charge in [-0.05, 0) is 12.8 Å². The normalized spacial score (nSPS) is 21.7. The summed E-state index contributed by atoms with van der Waals surface area (Å²) in [6.07, 6.45) is 6.85. The van der Waals surface area contributed by atoms with Crippen LogP contribution >= 0.6 is 0 Å². The third-order valence-electron chi connectivity index (χ3n) is 4.24. The first-order chi connectivity index (χ1) is 9.22. The fraction of sp³-hybridized carbons (Fsp3) is 0.857. The molecule has 5 nitrogen and oxygen atoms in total. The van der Waals surface area contributed by atoms with Gasteiger partial charge >= 0.3 is 0 Å². The van der Waals surface area contributed by atoms with Crippen molar-refractivity contribution in [3.63, 3.8) is 0 Å². The van der Waals surface area contributed by atoms with Crippen LogP contribution in [0.2, 0.25) is 0 Å². The zero-order valence-corrected chi connectivity index (χ0v) is 11.5. The van der Waals surface area contributed by atoms with Crippen LogP contribution in [0.15, 0.2) is 0 Å². The van der Waals surface area contributed by atoms with Crippen LogP contribution in [0.25, 0.3) is 0 Å². The number of carbonyl (C=O) groups is 2. The van der Waals surface area contributed by atoms with E-state index >= 15 is 0 Å². The molecule has 2 fully saturated rings. The standard InChI is InChI=1S/C14H24N2O3/c17-11-10-15(12-4-2-1-3-5-12)8-9-16-13(18)6-7-14(16)19/h12,17H,1-11H2. The molecule has 108 valence electrons. The summed E-state index contributed by atoms with van der Waals surface area (Å²) < 4.78 is 0. The highest BCUT2D eigenvalue weighted by atomic mass is 16.3. The Morgan fingerprint density at radius 3 is 2.26 bits per heavy atom. The highest BCUT2D eigenvalue weighted by molar-refractivity contribution is 6.01. The first-order valence-electron chi connectivity index (χ1n) is 7.40. The van der Waals surface area contributed by atoms with Gasteiger partial charge in [0.15, 0.2) is 0 Å².